The Kier molecular flexibility index (Phi) is 5.42. The molecule has 0 spiro atoms. The van der Waals surface area contributed by atoms with E-state index in [4.69, 9.17) is 0 Å². The van der Waals surface area contributed by atoms with Crippen LogP contribution >= 0.6 is 0 Å². The van der Waals surface area contributed by atoms with Crippen LogP contribution in [-0.2, 0) is 10.0 Å². The summed E-state index contributed by atoms with van der Waals surface area (Å²) in [6, 6.07) is 1.98. The molecule has 2 aromatic heterocycles. The number of anilines is 2. The van der Waals surface area contributed by atoms with Crippen LogP contribution in [0, 0.1) is 20.8 Å². The first-order valence-corrected chi connectivity index (χ1v) is 10.2. The monoisotopic (exact) mass is 379 g/mol. The van der Waals surface area contributed by atoms with E-state index in [2.05, 4.69) is 35.1 Å². The molecule has 0 bridgehead atoms. The molecular weight excluding hydrogens is 354 g/mol. The first-order chi connectivity index (χ1) is 12.4. The summed E-state index contributed by atoms with van der Waals surface area (Å²) < 4.78 is 27.4. The van der Waals surface area contributed by atoms with Gasteiger partial charge in [-0.2, -0.15) is 10.1 Å². The van der Waals surface area contributed by atoms with Gasteiger partial charge in [0, 0.05) is 37.9 Å². The molecule has 3 N–H and O–H groups in total. The van der Waals surface area contributed by atoms with Gasteiger partial charge in [-0.15, -0.1) is 0 Å². The molecule has 1 saturated heterocycles. The zero-order chi connectivity index (χ0) is 18.7. The number of aryl methyl sites for hydroxylation is 3. The highest BCUT2D eigenvalue weighted by molar-refractivity contribution is 7.89. The highest BCUT2D eigenvalue weighted by Gasteiger charge is 2.21. The second-order valence-corrected chi connectivity index (χ2v) is 8.18. The third kappa shape index (κ3) is 4.13. The summed E-state index contributed by atoms with van der Waals surface area (Å²) in [4.78, 5) is 11.4. The van der Waals surface area contributed by atoms with Crippen LogP contribution < -0.4 is 14.9 Å². The summed E-state index contributed by atoms with van der Waals surface area (Å²) in [6.07, 6.45) is 2.36. The van der Waals surface area contributed by atoms with Crippen molar-refractivity contribution in [1.29, 1.82) is 0 Å². The predicted molar refractivity (Wildman–Crippen MR) is 100.0 cm³/mol. The third-order valence-corrected chi connectivity index (χ3v) is 6.02. The predicted octanol–water partition coefficient (Wildman–Crippen LogP) is 1.12. The maximum Gasteiger partial charge on any atom is 0.244 e. The van der Waals surface area contributed by atoms with E-state index in [1.54, 1.807) is 13.8 Å². The molecule has 0 aliphatic carbocycles. The van der Waals surface area contributed by atoms with E-state index in [1.165, 1.54) is 12.8 Å². The largest absolute Gasteiger partial charge is 0.356 e. The average molecular weight is 379 g/mol. The molecule has 9 nitrogen and oxygen atoms in total. The van der Waals surface area contributed by atoms with E-state index in [9.17, 15) is 8.42 Å². The van der Waals surface area contributed by atoms with Gasteiger partial charge in [-0.1, -0.05) is 0 Å². The maximum absolute atomic E-state index is 12.4. The maximum atomic E-state index is 12.4. The quantitative estimate of drug-likeness (QED) is 0.617. The Morgan fingerprint density at radius 2 is 1.88 bits per heavy atom. The molecule has 1 aliphatic rings. The Labute approximate surface area is 153 Å². The normalized spacial score (nSPS) is 14.8. The Balaban J connectivity index is 1.58. The van der Waals surface area contributed by atoms with Crippen LogP contribution in [0.1, 0.15) is 29.9 Å². The molecule has 2 aromatic rings. The SMILES string of the molecule is Cc1cc(N2CCCC2)nc(NCCNS(=O)(=O)c2c(C)n[nH]c2C)n1. The number of nitrogens with zero attached hydrogens (tertiary/aromatic N) is 4. The minimum atomic E-state index is -3.59. The van der Waals surface area contributed by atoms with E-state index in [1.807, 2.05) is 13.0 Å². The summed E-state index contributed by atoms with van der Waals surface area (Å²) in [5.74, 6) is 1.43. The minimum absolute atomic E-state index is 0.209. The summed E-state index contributed by atoms with van der Waals surface area (Å²) >= 11 is 0. The molecule has 0 unspecified atom stereocenters. The Morgan fingerprint density at radius 1 is 1.15 bits per heavy atom. The van der Waals surface area contributed by atoms with Gasteiger partial charge in [-0.05, 0) is 33.6 Å². The molecule has 142 valence electrons. The van der Waals surface area contributed by atoms with E-state index in [0.717, 1.165) is 24.6 Å². The second-order valence-electron chi connectivity index (χ2n) is 6.47. The first-order valence-electron chi connectivity index (χ1n) is 8.72. The second kappa shape index (κ2) is 7.58. The van der Waals surface area contributed by atoms with Gasteiger partial charge in [-0.25, -0.2) is 18.1 Å². The van der Waals surface area contributed by atoms with Crippen LogP contribution in [0.3, 0.4) is 0 Å². The molecule has 0 radical (unpaired) electrons. The van der Waals surface area contributed by atoms with Gasteiger partial charge in [0.2, 0.25) is 16.0 Å². The molecule has 1 aliphatic heterocycles. The fraction of sp³-hybridized carbons (Fsp3) is 0.562. The van der Waals surface area contributed by atoms with Gasteiger partial charge < -0.3 is 10.2 Å². The molecule has 0 aromatic carbocycles. The van der Waals surface area contributed by atoms with Crippen molar-refractivity contribution in [2.75, 3.05) is 36.4 Å². The molecular formula is C16H25N7O2S. The number of nitrogens with one attached hydrogen (secondary N) is 3. The molecule has 1 fully saturated rings. The summed E-state index contributed by atoms with van der Waals surface area (Å²) in [6.45, 7) is 7.92. The van der Waals surface area contributed by atoms with Gasteiger partial charge in [-0.3, -0.25) is 5.10 Å². The molecule has 0 saturated carbocycles. The van der Waals surface area contributed by atoms with Gasteiger partial charge in [0.15, 0.2) is 0 Å². The van der Waals surface area contributed by atoms with Crippen molar-refractivity contribution in [2.45, 2.75) is 38.5 Å². The van der Waals surface area contributed by atoms with Crippen LogP contribution in [0.25, 0.3) is 0 Å². The highest BCUT2D eigenvalue weighted by atomic mass is 32.2. The van der Waals surface area contributed by atoms with Crippen molar-refractivity contribution >= 4 is 21.8 Å². The molecule has 3 heterocycles. The molecule has 10 heteroatoms. The van der Waals surface area contributed by atoms with Crippen molar-refractivity contribution in [3.8, 4) is 0 Å². The first kappa shape index (κ1) is 18.6. The van der Waals surface area contributed by atoms with Gasteiger partial charge in [0.05, 0.1) is 11.4 Å². The lowest BCUT2D eigenvalue weighted by atomic mass is 10.4. The molecule has 0 amide bonds. The van der Waals surface area contributed by atoms with Crippen molar-refractivity contribution in [1.82, 2.24) is 24.9 Å². The van der Waals surface area contributed by atoms with E-state index >= 15 is 0 Å². The molecule has 0 atom stereocenters. The van der Waals surface area contributed by atoms with Crippen LogP contribution in [0.4, 0.5) is 11.8 Å². The number of rotatable bonds is 7. The van der Waals surface area contributed by atoms with E-state index in [-0.39, 0.29) is 11.4 Å². The van der Waals surface area contributed by atoms with Crippen molar-refractivity contribution in [2.24, 2.45) is 0 Å². The molecule has 3 rings (SSSR count). The minimum Gasteiger partial charge on any atom is -0.356 e. The zero-order valence-corrected chi connectivity index (χ0v) is 16.2. The van der Waals surface area contributed by atoms with Gasteiger partial charge in [0.25, 0.3) is 0 Å². The molecule has 26 heavy (non-hydrogen) atoms. The van der Waals surface area contributed by atoms with Crippen molar-refractivity contribution in [3.05, 3.63) is 23.1 Å². The van der Waals surface area contributed by atoms with Crippen molar-refractivity contribution in [3.63, 3.8) is 0 Å². The lowest BCUT2D eigenvalue weighted by molar-refractivity contribution is 0.581. The number of sulfonamides is 1. The van der Waals surface area contributed by atoms with Gasteiger partial charge in [0.1, 0.15) is 10.7 Å². The standard InChI is InChI=1S/C16H25N7O2S/c1-11-10-14(23-8-4-5-9-23)20-16(19-11)17-6-7-18-26(24,25)15-12(2)21-22-13(15)3/h10,18H,4-9H2,1-3H3,(H,21,22)(H,17,19,20). The van der Waals surface area contributed by atoms with Crippen molar-refractivity contribution < 1.29 is 8.42 Å². The lowest BCUT2D eigenvalue weighted by Gasteiger charge is -2.17. The number of hydrogen-bond acceptors (Lipinski definition) is 7. The summed E-state index contributed by atoms with van der Waals surface area (Å²) in [5.41, 5.74) is 1.87. The Morgan fingerprint density at radius 3 is 2.54 bits per heavy atom. The summed E-state index contributed by atoms with van der Waals surface area (Å²) in [7, 11) is -3.59. The fourth-order valence-corrected chi connectivity index (χ4v) is 4.51. The number of H-pyrrole nitrogens is 1. The lowest BCUT2D eigenvalue weighted by Crippen LogP contribution is -2.30. The summed E-state index contributed by atoms with van der Waals surface area (Å²) in [5, 5.41) is 9.72. The van der Waals surface area contributed by atoms with Crippen LogP contribution in [0.5, 0.6) is 0 Å². The number of hydrogen-bond donors (Lipinski definition) is 3. The van der Waals surface area contributed by atoms with E-state index in [0.29, 0.717) is 23.9 Å². The number of aromatic amines is 1. The van der Waals surface area contributed by atoms with Gasteiger partial charge >= 0.3 is 0 Å². The number of aromatic nitrogens is 4. The fourth-order valence-electron chi connectivity index (χ4n) is 3.11. The van der Waals surface area contributed by atoms with Crippen LogP contribution in [0.15, 0.2) is 11.0 Å². The Hall–Kier alpha value is -2.20. The van der Waals surface area contributed by atoms with Crippen LogP contribution in [-0.4, -0.2) is 54.8 Å². The smallest absolute Gasteiger partial charge is 0.244 e. The van der Waals surface area contributed by atoms with E-state index < -0.39 is 10.0 Å². The topological polar surface area (TPSA) is 116 Å². The third-order valence-electron chi connectivity index (χ3n) is 4.30. The average Bonchev–Trinajstić information content (AvgIpc) is 3.21. The highest BCUT2D eigenvalue weighted by Crippen LogP contribution is 2.20. The zero-order valence-electron chi connectivity index (χ0n) is 15.3. The Bertz CT molecular complexity index is 853. The van der Waals surface area contributed by atoms with Crippen LogP contribution in [0.2, 0.25) is 0 Å².